The van der Waals surface area contributed by atoms with Gasteiger partial charge >= 0.3 is 5.88 Å². The molecule has 1 saturated heterocycles. The summed E-state index contributed by atoms with van der Waals surface area (Å²) in [5.41, 5.74) is 2.60. The van der Waals surface area contributed by atoms with Gasteiger partial charge in [0.05, 0.1) is 13.2 Å². The molecule has 3 aromatic rings. The molecule has 172 valence electrons. The number of hydrogen-bond acceptors (Lipinski definition) is 5. The third-order valence-corrected chi connectivity index (χ3v) is 6.78. The Hall–Kier alpha value is -3.03. The maximum absolute atomic E-state index is 13.7. The first-order chi connectivity index (χ1) is 16.1. The van der Waals surface area contributed by atoms with Crippen LogP contribution in [0.15, 0.2) is 79.0 Å². The zero-order valence-corrected chi connectivity index (χ0v) is 19.5. The number of amides is 1. The minimum absolute atomic E-state index is 0.00579. The van der Waals surface area contributed by atoms with Gasteiger partial charge in [-0.1, -0.05) is 60.7 Å². The number of nitrogens with one attached hydrogen (secondary N) is 1. The van der Waals surface area contributed by atoms with E-state index in [2.05, 4.69) is 29.6 Å². The number of pyridine rings is 1. The van der Waals surface area contributed by atoms with Crippen LogP contribution in [0.5, 0.6) is 5.88 Å². The predicted molar refractivity (Wildman–Crippen MR) is 132 cm³/mol. The molecule has 2 unspecified atom stereocenters. The quantitative estimate of drug-likeness (QED) is 0.306. The average molecular weight is 464 g/mol. The molecule has 33 heavy (non-hydrogen) atoms. The molecule has 0 spiro atoms. The van der Waals surface area contributed by atoms with Crippen LogP contribution in [0.3, 0.4) is 0 Å². The molecule has 2 heterocycles. The van der Waals surface area contributed by atoms with Crippen molar-refractivity contribution in [2.45, 2.75) is 23.6 Å². The van der Waals surface area contributed by atoms with Gasteiger partial charge in [0.25, 0.3) is 5.91 Å². The van der Waals surface area contributed by atoms with Gasteiger partial charge in [-0.25, -0.2) is 0 Å². The topological polar surface area (TPSA) is 68.5 Å². The van der Waals surface area contributed by atoms with E-state index >= 15 is 0 Å². The first-order valence-electron chi connectivity index (χ1n) is 11.1. The van der Waals surface area contributed by atoms with Gasteiger partial charge in [-0.2, -0.15) is 12.6 Å². The molecule has 2 aromatic carbocycles. The highest BCUT2D eigenvalue weighted by molar-refractivity contribution is 7.81. The van der Waals surface area contributed by atoms with E-state index in [1.54, 1.807) is 6.07 Å². The molecule has 1 aliphatic rings. The summed E-state index contributed by atoms with van der Waals surface area (Å²) < 4.78 is 5.64. The number of aromatic nitrogens is 1. The fourth-order valence-electron chi connectivity index (χ4n) is 4.35. The van der Waals surface area contributed by atoms with Crippen molar-refractivity contribution in [1.82, 2.24) is 10.2 Å². The minimum Gasteiger partial charge on any atom is -0.616 e. The minimum atomic E-state index is -0.187. The van der Waals surface area contributed by atoms with Crippen LogP contribution in [0, 0.1) is 5.21 Å². The van der Waals surface area contributed by atoms with Crippen LogP contribution in [-0.4, -0.2) is 48.8 Å². The molecule has 1 fully saturated rings. The monoisotopic (exact) mass is 463 g/mol. The average Bonchev–Trinajstić information content (AvgIpc) is 3.26. The lowest BCUT2D eigenvalue weighted by Crippen LogP contribution is -2.46. The second-order valence-corrected chi connectivity index (χ2v) is 8.95. The van der Waals surface area contributed by atoms with Crippen LogP contribution >= 0.6 is 12.6 Å². The van der Waals surface area contributed by atoms with E-state index in [9.17, 15) is 10.0 Å². The Morgan fingerprint density at radius 3 is 2.27 bits per heavy atom. The number of methoxy groups -OCH3 is 1. The smallest absolute Gasteiger partial charge is 0.379 e. The number of rotatable bonds is 8. The van der Waals surface area contributed by atoms with E-state index in [-0.39, 0.29) is 29.0 Å². The van der Waals surface area contributed by atoms with Gasteiger partial charge in [-0.15, -0.1) is 4.73 Å². The third kappa shape index (κ3) is 5.49. The van der Waals surface area contributed by atoms with E-state index < -0.39 is 0 Å². The molecule has 0 radical (unpaired) electrons. The van der Waals surface area contributed by atoms with Crippen molar-refractivity contribution in [3.8, 4) is 5.88 Å². The molecule has 1 aliphatic heterocycles. The summed E-state index contributed by atoms with van der Waals surface area (Å²) in [4.78, 5) is 15.5. The van der Waals surface area contributed by atoms with Gasteiger partial charge in [0, 0.05) is 30.3 Å². The number of carbonyl (C=O) groups is 1. The fourth-order valence-corrected chi connectivity index (χ4v) is 4.68. The molecule has 4 rings (SSSR count). The largest absolute Gasteiger partial charge is 0.616 e. The van der Waals surface area contributed by atoms with Crippen LogP contribution in [0.2, 0.25) is 0 Å². The molecule has 1 N–H and O–H groups in total. The second kappa shape index (κ2) is 10.7. The van der Waals surface area contributed by atoms with Crippen LogP contribution < -0.4 is 14.8 Å². The van der Waals surface area contributed by atoms with Crippen molar-refractivity contribution in [3.63, 3.8) is 0 Å². The van der Waals surface area contributed by atoms with Crippen molar-refractivity contribution >= 4 is 18.5 Å². The summed E-state index contributed by atoms with van der Waals surface area (Å²) in [6, 6.07) is 23.7. The summed E-state index contributed by atoms with van der Waals surface area (Å²) in [7, 11) is 1.43. The Balaban J connectivity index is 1.68. The molecular formula is C26H29N3O3S. The molecular weight excluding hydrogens is 434 g/mol. The number of carbonyl (C=O) groups excluding carboxylic acids is 1. The number of hydrogen-bond donors (Lipinski definition) is 2. The number of nitrogens with zero attached hydrogens (tertiary/aromatic N) is 2. The molecule has 0 aliphatic carbocycles. The van der Waals surface area contributed by atoms with Crippen molar-refractivity contribution in [2.75, 3.05) is 26.7 Å². The Labute approximate surface area is 200 Å². The van der Waals surface area contributed by atoms with Crippen molar-refractivity contribution in [3.05, 3.63) is 101 Å². The van der Waals surface area contributed by atoms with Crippen LogP contribution in [0.4, 0.5) is 0 Å². The summed E-state index contributed by atoms with van der Waals surface area (Å²) in [5, 5.41) is 15.9. The Morgan fingerprint density at radius 2 is 1.76 bits per heavy atom. The Morgan fingerprint density at radius 1 is 1.12 bits per heavy atom. The van der Waals surface area contributed by atoms with Crippen LogP contribution in [0.25, 0.3) is 0 Å². The second-order valence-electron chi connectivity index (χ2n) is 8.29. The van der Waals surface area contributed by atoms with Crippen molar-refractivity contribution in [2.24, 2.45) is 0 Å². The van der Waals surface area contributed by atoms with E-state index in [0.717, 1.165) is 24.1 Å². The normalized spacial score (nSPS) is 17.8. The van der Waals surface area contributed by atoms with Crippen molar-refractivity contribution < 1.29 is 14.3 Å². The zero-order chi connectivity index (χ0) is 23.2. The Bertz CT molecular complexity index is 1030. The van der Waals surface area contributed by atoms with Gasteiger partial charge in [-0.3, -0.25) is 4.79 Å². The fraction of sp³-hybridized carbons (Fsp3) is 0.308. The summed E-state index contributed by atoms with van der Waals surface area (Å²) in [5.74, 6) is -0.0421. The summed E-state index contributed by atoms with van der Waals surface area (Å²) in [6.45, 7) is 1.87. The van der Waals surface area contributed by atoms with E-state index in [4.69, 9.17) is 17.4 Å². The molecule has 0 saturated carbocycles. The van der Waals surface area contributed by atoms with Gasteiger partial charge in [0.2, 0.25) is 0 Å². The number of thiol groups is 1. The SMILES string of the molecule is COc1ccc(C(=O)N(CC(c2ccccc2)c2ccccc2)CC2NCCC2S)c[n+]1[O-]. The highest BCUT2D eigenvalue weighted by atomic mass is 32.1. The van der Waals surface area contributed by atoms with E-state index in [0.29, 0.717) is 23.4 Å². The Kier molecular flexibility index (Phi) is 7.52. The van der Waals surface area contributed by atoms with Gasteiger partial charge < -0.3 is 20.2 Å². The van der Waals surface area contributed by atoms with Gasteiger partial charge in [0.1, 0.15) is 5.56 Å². The lowest BCUT2D eigenvalue weighted by atomic mass is 9.90. The first-order valence-corrected chi connectivity index (χ1v) is 11.7. The van der Waals surface area contributed by atoms with E-state index in [1.165, 1.54) is 19.4 Å². The predicted octanol–water partition coefficient (Wildman–Crippen LogP) is 3.26. The van der Waals surface area contributed by atoms with Gasteiger partial charge in [-0.05, 0) is 30.2 Å². The highest BCUT2D eigenvalue weighted by Gasteiger charge is 2.31. The molecule has 2 atom stereocenters. The molecule has 1 aromatic heterocycles. The van der Waals surface area contributed by atoms with Crippen LogP contribution in [-0.2, 0) is 0 Å². The standard InChI is InChI=1S/C26H29N3O3S/c1-32-25-13-12-21(16-29(25)31)26(30)28(18-23-24(33)14-15-27-23)17-22(19-8-4-2-5-9-19)20-10-6-3-7-11-20/h2-13,16,22-24,27,33H,14-15,17-18H2,1H3. The maximum atomic E-state index is 13.7. The number of benzene rings is 2. The number of ether oxygens (including phenoxy) is 1. The summed E-state index contributed by atoms with van der Waals surface area (Å²) in [6.07, 6.45) is 2.24. The highest BCUT2D eigenvalue weighted by Crippen LogP contribution is 2.27. The third-order valence-electron chi connectivity index (χ3n) is 6.16. The van der Waals surface area contributed by atoms with E-state index in [1.807, 2.05) is 41.3 Å². The van der Waals surface area contributed by atoms with Crippen LogP contribution in [0.1, 0.15) is 33.8 Å². The molecule has 1 amide bonds. The lowest BCUT2D eigenvalue weighted by molar-refractivity contribution is -0.612. The first kappa shape index (κ1) is 23.1. The lowest BCUT2D eigenvalue weighted by Gasteiger charge is -2.31. The molecule has 6 nitrogen and oxygen atoms in total. The van der Waals surface area contributed by atoms with Gasteiger partial charge in [0.15, 0.2) is 6.20 Å². The van der Waals surface area contributed by atoms with Crippen molar-refractivity contribution in [1.29, 1.82) is 0 Å². The molecule has 7 heteroatoms. The summed E-state index contributed by atoms with van der Waals surface area (Å²) >= 11 is 4.72. The molecule has 0 bridgehead atoms. The maximum Gasteiger partial charge on any atom is 0.379 e. The zero-order valence-electron chi connectivity index (χ0n) is 18.6.